The summed E-state index contributed by atoms with van der Waals surface area (Å²) in [5.41, 5.74) is 5.45. The Balaban J connectivity index is 2.75. The van der Waals surface area contributed by atoms with E-state index in [1.54, 1.807) is 6.92 Å². The second-order valence-corrected chi connectivity index (χ2v) is 8.17. The molecular formula is C12H25NO2S. The van der Waals surface area contributed by atoms with Crippen LogP contribution in [0.3, 0.4) is 0 Å². The molecule has 1 rings (SSSR count). The van der Waals surface area contributed by atoms with Crippen molar-refractivity contribution >= 4 is 9.84 Å². The maximum atomic E-state index is 12.3. The first-order valence-corrected chi connectivity index (χ1v) is 7.91. The lowest BCUT2D eigenvalue weighted by Crippen LogP contribution is -2.37. The van der Waals surface area contributed by atoms with Crippen molar-refractivity contribution in [2.75, 3.05) is 6.54 Å². The minimum Gasteiger partial charge on any atom is -0.330 e. The fourth-order valence-corrected chi connectivity index (χ4v) is 5.18. The number of nitrogens with two attached hydrogens (primary N) is 1. The van der Waals surface area contributed by atoms with Gasteiger partial charge in [-0.25, -0.2) is 8.42 Å². The van der Waals surface area contributed by atoms with Crippen molar-refractivity contribution in [1.82, 2.24) is 0 Å². The van der Waals surface area contributed by atoms with Crippen LogP contribution in [0.1, 0.15) is 46.5 Å². The molecule has 0 radical (unpaired) electrons. The molecule has 0 aromatic rings. The summed E-state index contributed by atoms with van der Waals surface area (Å²) in [7, 11) is -2.97. The van der Waals surface area contributed by atoms with Crippen molar-refractivity contribution in [3.8, 4) is 0 Å². The van der Waals surface area contributed by atoms with Crippen molar-refractivity contribution in [3.63, 3.8) is 0 Å². The number of rotatable bonds is 4. The van der Waals surface area contributed by atoms with Crippen LogP contribution in [0, 0.1) is 11.8 Å². The van der Waals surface area contributed by atoms with Crippen LogP contribution < -0.4 is 5.73 Å². The van der Waals surface area contributed by atoms with Gasteiger partial charge >= 0.3 is 0 Å². The Morgan fingerprint density at radius 3 is 2.12 bits per heavy atom. The van der Waals surface area contributed by atoms with Gasteiger partial charge in [0, 0.05) is 0 Å². The van der Waals surface area contributed by atoms with E-state index in [1.165, 1.54) is 0 Å². The number of hydrogen-bond acceptors (Lipinski definition) is 3. The van der Waals surface area contributed by atoms with Crippen molar-refractivity contribution in [2.45, 2.75) is 57.0 Å². The SMILES string of the molecule is CC1CC(C)CC(S(=O)(=O)C(C)CCN)C1. The van der Waals surface area contributed by atoms with Gasteiger partial charge in [-0.2, -0.15) is 0 Å². The third-order valence-corrected chi connectivity index (χ3v) is 6.41. The lowest BCUT2D eigenvalue weighted by Gasteiger charge is -2.32. The molecule has 96 valence electrons. The van der Waals surface area contributed by atoms with Gasteiger partial charge in [-0.1, -0.05) is 13.8 Å². The number of hydrogen-bond donors (Lipinski definition) is 1. The van der Waals surface area contributed by atoms with Crippen molar-refractivity contribution < 1.29 is 8.42 Å². The molecule has 3 nitrogen and oxygen atoms in total. The van der Waals surface area contributed by atoms with Gasteiger partial charge < -0.3 is 5.73 Å². The highest BCUT2D eigenvalue weighted by molar-refractivity contribution is 7.92. The van der Waals surface area contributed by atoms with Crippen molar-refractivity contribution in [2.24, 2.45) is 17.6 Å². The van der Waals surface area contributed by atoms with Gasteiger partial charge in [-0.05, 0) is 51.0 Å². The van der Waals surface area contributed by atoms with Crippen LogP contribution in [0.25, 0.3) is 0 Å². The Morgan fingerprint density at radius 2 is 1.69 bits per heavy atom. The molecule has 0 heterocycles. The van der Waals surface area contributed by atoms with E-state index in [1.807, 2.05) is 0 Å². The summed E-state index contributed by atoms with van der Waals surface area (Å²) >= 11 is 0. The predicted molar refractivity (Wildman–Crippen MR) is 68.0 cm³/mol. The molecule has 3 atom stereocenters. The maximum Gasteiger partial charge on any atom is 0.155 e. The van der Waals surface area contributed by atoms with E-state index in [2.05, 4.69) is 13.8 Å². The highest BCUT2D eigenvalue weighted by Crippen LogP contribution is 2.34. The normalized spacial score (nSPS) is 33.6. The summed E-state index contributed by atoms with van der Waals surface area (Å²) in [6.45, 7) is 6.57. The molecule has 0 aromatic heterocycles. The first-order chi connectivity index (χ1) is 7.37. The average molecular weight is 247 g/mol. The van der Waals surface area contributed by atoms with Gasteiger partial charge in [0.25, 0.3) is 0 Å². The lowest BCUT2D eigenvalue weighted by molar-refractivity contribution is 0.300. The molecule has 0 bridgehead atoms. The molecule has 1 fully saturated rings. The molecule has 0 spiro atoms. The molecule has 0 aromatic carbocycles. The summed E-state index contributed by atoms with van der Waals surface area (Å²) in [4.78, 5) is 0. The molecule has 4 heteroatoms. The first kappa shape index (κ1) is 14.0. The lowest BCUT2D eigenvalue weighted by atomic mass is 9.83. The molecule has 0 saturated heterocycles. The standard InChI is InChI=1S/C12H25NO2S/c1-9-6-10(2)8-12(7-9)16(14,15)11(3)4-5-13/h9-12H,4-8,13H2,1-3H3. The zero-order chi connectivity index (χ0) is 12.3. The van der Waals surface area contributed by atoms with Gasteiger partial charge in [-0.15, -0.1) is 0 Å². The zero-order valence-electron chi connectivity index (χ0n) is 10.6. The smallest absolute Gasteiger partial charge is 0.155 e. The molecule has 1 aliphatic carbocycles. The van der Waals surface area contributed by atoms with E-state index in [4.69, 9.17) is 5.73 Å². The zero-order valence-corrected chi connectivity index (χ0v) is 11.5. The molecule has 0 aliphatic heterocycles. The van der Waals surface area contributed by atoms with Crippen LogP contribution in [-0.2, 0) is 9.84 Å². The van der Waals surface area contributed by atoms with Crippen molar-refractivity contribution in [3.05, 3.63) is 0 Å². The van der Waals surface area contributed by atoms with Gasteiger partial charge in [0.05, 0.1) is 10.5 Å². The molecule has 1 aliphatic rings. The van der Waals surface area contributed by atoms with Crippen molar-refractivity contribution in [1.29, 1.82) is 0 Å². The van der Waals surface area contributed by atoms with E-state index >= 15 is 0 Å². The van der Waals surface area contributed by atoms with E-state index in [-0.39, 0.29) is 10.5 Å². The predicted octanol–water partition coefficient (Wildman–Crippen LogP) is 1.96. The molecule has 0 amide bonds. The highest BCUT2D eigenvalue weighted by Gasteiger charge is 2.35. The van der Waals surface area contributed by atoms with Crippen LogP contribution in [0.4, 0.5) is 0 Å². The second kappa shape index (κ2) is 5.50. The fourth-order valence-electron chi connectivity index (χ4n) is 2.87. The Morgan fingerprint density at radius 1 is 1.19 bits per heavy atom. The molecule has 1 saturated carbocycles. The van der Waals surface area contributed by atoms with E-state index in [0.29, 0.717) is 24.8 Å². The van der Waals surface area contributed by atoms with Crippen LogP contribution in [0.15, 0.2) is 0 Å². The first-order valence-electron chi connectivity index (χ1n) is 6.30. The molecule has 2 N–H and O–H groups in total. The van der Waals surface area contributed by atoms with Crippen LogP contribution >= 0.6 is 0 Å². The van der Waals surface area contributed by atoms with E-state index < -0.39 is 9.84 Å². The average Bonchev–Trinajstić information content (AvgIpc) is 2.16. The van der Waals surface area contributed by atoms with Gasteiger partial charge in [0.2, 0.25) is 0 Å². The Bertz CT molecular complexity index is 303. The Kier molecular flexibility index (Phi) is 4.80. The minimum atomic E-state index is -2.97. The highest BCUT2D eigenvalue weighted by atomic mass is 32.2. The van der Waals surface area contributed by atoms with Crippen LogP contribution in [-0.4, -0.2) is 25.5 Å². The third kappa shape index (κ3) is 3.20. The summed E-state index contributed by atoms with van der Waals surface area (Å²) in [6, 6.07) is 0. The molecular weight excluding hydrogens is 222 g/mol. The second-order valence-electron chi connectivity index (χ2n) is 5.52. The minimum absolute atomic E-state index is 0.132. The summed E-state index contributed by atoms with van der Waals surface area (Å²) in [5, 5.41) is -0.409. The van der Waals surface area contributed by atoms with E-state index in [0.717, 1.165) is 19.3 Å². The quantitative estimate of drug-likeness (QED) is 0.826. The summed E-state index contributed by atoms with van der Waals surface area (Å²) < 4.78 is 24.6. The van der Waals surface area contributed by atoms with E-state index in [9.17, 15) is 8.42 Å². The Hall–Kier alpha value is -0.0900. The fraction of sp³-hybridized carbons (Fsp3) is 1.00. The monoisotopic (exact) mass is 247 g/mol. The molecule has 16 heavy (non-hydrogen) atoms. The summed E-state index contributed by atoms with van der Waals surface area (Å²) in [6.07, 6.45) is 3.42. The topological polar surface area (TPSA) is 60.2 Å². The van der Waals surface area contributed by atoms with Gasteiger partial charge in [0.1, 0.15) is 0 Å². The van der Waals surface area contributed by atoms with Gasteiger partial charge in [-0.3, -0.25) is 0 Å². The van der Waals surface area contributed by atoms with Gasteiger partial charge in [0.15, 0.2) is 9.84 Å². The largest absolute Gasteiger partial charge is 0.330 e. The third-order valence-electron chi connectivity index (χ3n) is 3.73. The Labute approximate surface area is 99.7 Å². The summed E-state index contributed by atoms with van der Waals surface area (Å²) in [5.74, 6) is 1.07. The maximum absolute atomic E-state index is 12.3. The van der Waals surface area contributed by atoms with Crippen LogP contribution in [0.2, 0.25) is 0 Å². The van der Waals surface area contributed by atoms with Crippen LogP contribution in [0.5, 0.6) is 0 Å². The number of sulfone groups is 1. The molecule has 3 unspecified atom stereocenters.